The molecule has 0 unspecified atom stereocenters. The fourth-order valence-electron chi connectivity index (χ4n) is 3.26. The van der Waals surface area contributed by atoms with E-state index in [2.05, 4.69) is 10.3 Å². The molecule has 2 heterocycles. The summed E-state index contributed by atoms with van der Waals surface area (Å²) in [5.41, 5.74) is 2.77. The lowest BCUT2D eigenvalue weighted by atomic mass is 9.89. The van der Waals surface area contributed by atoms with Crippen molar-refractivity contribution in [3.05, 3.63) is 53.3 Å². The van der Waals surface area contributed by atoms with E-state index in [0.717, 1.165) is 29.7 Å². The number of hydrogen-bond donors (Lipinski definition) is 3. The summed E-state index contributed by atoms with van der Waals surface area (Å²) >= 11 is 0. The summed E-state index contributed by atoms with van der Waals surface area (Å²) in [6.45, 7) is 3.68. The second-order valence-electron chi connectivity index (χ2n) is 6.41. The Morgan fingerprint density at radius 3 is 2.72 bits per heavy atom. The van der Waals surface area contributed by atoms with Crippen LogP contribution in [0.5, 0.6) is 11.5 Å². The second kappa shape index (κ2) is 7.42. The number of urea groups is 1. The van der Waals surface area contributed by atoms with Gasteiger partial charge in [-0.15, -0.1) is 0 Å². The van der Waals surface area contributed by atoms with Crippen LogP contribution in [0, 0.1) is 6.92 Å². The van der Waals surface area contributed by atoms with Gasteiger partial charge in [0.1, 0.15) is 11.5 Å². The van der Waals surface area contributed by atoms with E-state index in [1.54, 1.807) is 23.2 Å². The fourth-order valence-corrected chi connectivity index (χ4v) is 3.26. The van der Waals surface area contributed by atoms with E-state index in [0.29, 0.717) is 19.6 Å². The Bertz CT molecular complexity index is 755. The molecule has 1 saturated heterocycles. The van der Waals surface area contributed by atoms with Crippen molar-refractivity contribution in [2.45, 2.75) is 32.2 Å². The Hall–Kier alpha value is -2.76. The highest BCUT2D eigenvalue weighted by molar-refractivity contribution is 5.74. The van der Waals surface area contributed by atoms with Gasteiger partial charge in [-0.1, -0.05) is 12.1 Å². The monoisotopic (exact) mass is 341 g/mol. The number of aryl methyl sites for hydroxylation is 1. The number of carbonyl (C=O) groups is 1. The molecule has 1 aliphatic rings. The molecule has 6 heteroatoms. The molecule has 0 bridgehead atoms. The van der Waals surface area contributed by atoms with Crippen molar-refractivity contribution >= 4 is 6.03 Å². The van der Waals surface area contributed by atoms with Crippen molar-refractivity contribution in [1.82, 2.24) is 15.2 Å². The predicted octanol–water partition coefficient (Wildman–Crippen LogP) is 2.89. The van der Waals surface area contributed by atoms with Crippen molar-refractivity contribution < 1.29 is 15.0 Å². The number of piperidine rings is 1. The number of carbonyl (C=O) groups excluding carboxylic acids is 1. The van der Waals surface area contributed by atoms with Crippen molar-refractivity contribution in [2.24, 2.45) is 0 Å². The van der Waals surface area contributed by atoms with Crippen molar-refractivity contribution in [3.8, 4) is 11.5 Å². The molecule has 2 amide bonds. The van der Waals surface area contributed by atoms with Crippen molar-refractivity contribution in [2.75, 3.05) is 13.1 Å². The van der Waals surface area contributed by atoms with Crippen LogP contribution in [0.1, 0.15) is 35.6 Å². The number of hydrogen-bond acceptors (Lipinski definition) is 4. The second-order valence-corrected chi connectivity index (χ2v) is 6.41. The molecule has 3 N–H and O–H groups in total. The van der Waals surface area contributed by atoms with E-state index in [1.807, 2.05) is 19.1 Å². The maximum atomic E-state index is 12.3. The summed E-state index contributed by atoms with van der Waals surface area (Å²) in [7, 11) is 0. The summed E-state index contributed by atoms with van der Waals surface area (Å²) in [6, 6.07) is 8.47. The third-order valence-electron chi connectivity index (χ3n) is 4.78. The number of aromatic nitrogens is 1. The number of benzene rings is 1. The zero-order chi connectivity index (χ0) is 17.8. The molecule has 0 saturated carbocycles. The summed E-state index contributed by atoms with van der Waals surface area (Å²) < 4.78 is 0. The number of likely N-dealkylation sites (tertiary alicyclic amines) is 1. The van der Waals surface area contributed by atoms with Gasteiger partial charge >= 0.3 is 6.03 Å². The minimum absolute atomic E-state index is 0.0590. The van der Waals surface area contributed by atoms with E-state index < -0.39 is 0 Å². The number of nitrogens with one attached hydrogen (secondary N) is 1. The molecule has 0 spiro atoms. The Balaban J connectivity index is 1.53. The van der Waals surface area contributed by atoms with E-state index >= 15 is 0 Å². The van der Waals surface area contributed by atoms with E-state index in [9.17, 15) is 15.0 Å². The average molecular weight is 341 g/mol. The molecule has 1 aliphatic heterocycles. The maximum absolute atomic E-state index is 12.3. The highest BCUT2D eigenvalue weighted by Gasteiger charge is 2.25. The molecule has 0 atom stereocenters. The summed E-state index contributed by atoms with van der Waals surface area (Å²) in [5, 5.41) is 22.3. The Kier molecular flexibility index (Phi) is 5.07. The van der Waals surface area contributed by atoms with E-state index in [1.165, 1.54) is 6.07 Å². The summed E-state index contributed by atoms with van der Waals surface area (Å²) in [4.78, 5) is 18.4. The standard InChI is InChI=1S/C19H23N3O3/c1-13-15(3-2-8-20-13)12-21-19(25)22-9-6-14(7-10-22)17-5-4-16(23)11-18(17)24/h2-5,8,11,14,23-24H,6-7,9-10,12H2,1H3,(H,21,25). The molecule has 6 nitrogen and oxygen atoms in total. The number of pyridine rings is 1. The van der Waals surface area contributed by atoms with E-state index in [-0.39, 0.29) is 23.4 Å². The van der Waals surface area contributed by atoms with Gasteiger partial charge in [0.05, 0.1) is 0 Å². The van der Waals surface area contributed by atoms with Crippen LogP contribution in [0.4, 0.5) is 4.79 Å². The van der Waals surface area contributed by atoms with Gasteiger partial charge < -0.3 is 20.4 Å². The molecule has 0 radical (unpaired) electrons. The highest BCUT2D eigenvalue weighted by atomic mass is 16.3. The molecule has 1 aromatic heterocycles. The normalized spacial score (nSPS) is 15.2. The summed E-state index contributed by atoms with van der Waals surface area (Å²) in [6.07, 6.45) is 3.32. The minimum atomic E-state index is -0.0726. The van der Waals surface area contributed by atoms with Gasteiger partial charge in [-0.3, -0.25) is 4.98 Å². The van der Waals surface area contributed by atoms with Gasteiger partial charge in [-0.2, -0.15) is 0 Å². The zero-order valence-corrected chi connectivity index (χ0v) is 14.3. The first-order valence-corrected chi connectivity index (χ1v) is 8.49. The van der Waals surface area contributed by atoms with Crippen LogP contribution in [0.25, 0.3) is 0 Å². The van der Waals surface area contributed by atoms with Crippen LogP contribution in [-0.4, -0.2) is 39.2 Å². The first kappa shape index (κ1) is 17.1. The zero-order valence-electron chi connectivity index (χ0n) is 14.3. The SMILES string of the molecule is Cc1ncccc1CNC(=O)N1CCC(c2ccc(O)cc2O)CC1. The van der Waals surface area contributed by atoms with Crippen LogP contribution >= 0.6 is 0 Å². The van der Waals surface area contributed by atoms with Gasteiger partial charge in [0.15, 0.2) is 0 Å². The first-order valence-electron chi connectivity index (χ1n) is 8.49. The molecule has 1 aromatic carbocycles. The molecule has 0 aliphatic carbocycles. The average Bonchev–Trinajstić information content (AvgIpc) is 2.61. The van der Waals surface area contributed by atoms with Crippen molar-refractivity contribution in [1.29, 1.82) is 0 Å². The minimum Gasteiger partial charge on any atom is -0.508 e. The maximum Gasteiger partial charge on any atom is 0.317 e. The van der Waals surface area contributed by atoms with Crippen LogP contribution in [0.15, 0.2) is 36.5 Å². The highest BCUT2D eigenvalue weighted by Crippen LogP contribution is 2.35. The molecular weight excluding hydrogens is 318 g/mol. The number of rotatable bonds is 3. The van der Waals surface area contributed by atoms with Gasteiger partial charge in [0.2, 0.25) is 0 Å². The molecular formula is C19H23N3O3. The number of aromatic hydroxyl groups is 2. The Morgan fingerprint density at radius 2 is 2.04 bits per heavy atom. The topological polar surface area (TPSA) is 85.7 Å². The first-order chi connectivity index (χ1) is 12.0. The Labute approximate surface area is 147 Å². The van der Waals surface area contributed by atoms with Gasteiger partial charge in [0, 0.05) is 37.6 Å². The summed E-state index contributed by atoms with van der Waals surface area (Å²) in [5.74, 6) is 0.379. The molecule has 1 fully saturated rings. The molecule has 25 heavy (non-hydrogen) atoms. The van der Waals surface area contributed by atoms with Gasteiger partial charge in [0.25, 0.3) is 0 Å². The lowest BCUT2D eigenvalue weighted by Crippen LogP contribution is -2.43. The predicted molar refractivity (Wildman–Crippen MR) is 94.5 cm³/mol. The van der Waals surface area contributed by atoms with Crippen LogP contribution in [0.3, 0.4) is 0 Å². The molecule has 3 rings (SSSR count). The van der Waals surface area contributed by atoms with Gasteiger partial charge in [-0.25, -0.2) is 4.79 Å². The van der Waals surface area contributed by atoms with Gasteiger partial charge in [-0.05, 0) is 48.9 Å². The van der Waals surface area contributed by atoms with Crippen LogP contribution in [-0.2, 0) is 6.54 Å². The largest absolute Gasteiger partial charge is 0.508 e. The third-order valence-corrected chi connectivity index (χ3v) is 4.78. The smallest absolute Gasteiger partial charge is 0.317 e. The third kappa shape index (κ3) is 4.02. The Morgan fingerprint density at radius 1 is 1.28 bits per heavy atom. The van der Waals surface area contributed by atoms with Crippen LogP contribution < -0.4 is 5.32 Å². The molecule has 2 aromatic rings. The lowest BCUT2D eigenvalue weighted by Gasteiger charge is -2.32. The lowest BCUT2D eigenvalue weighted by molar-refractivity contribution is 0.180. The number of nitrogens with zero attached hydrogens (tertiary/aromatic N) is 2. The van der Waals surface area contributed by atoms with Crippen molar-refractivity contribution in [3.63, 3.8) is 0 Å². The fraction of sp³-hybridized carbons (Fsp3) is 0.368. The number of amides is 2. The van der Waals surface area contributed by atoms with Crippen LogP contribution in [0.2, 0.25) is 0 Å². The van der Waals surface area contributed by atoms with E-state index in [4.69, 9.17) is 0 Å². The quantitative estimate of drug-likeness (QED) is 0.801. The number of phenolic OH excluding ortho intramolecular Hbond substituents is 2. The number of phenols is 2. The molecule has 132 valence electrons.